The zero-order valence-electron chi connectivity index (χ0n) is 8.57. The number of nitrogens with zero attached hydrogens (tertiary/aromatic N) is 1. The number of hydrogen-bond acceptors (Lipinski definition) is 4. The third-order valence-electron chi connectivity index (χ3n) is 1.62. The van der Waals surface area contributed by atoms with E-state index in [9.17, 15) is 4.79 Å². The fourth-order valence-corrected chi connectivity index (χ4v) is 1.03. The van der Waals surface area contributed by atoms with Gasteiger partial charge in [0.05, 0.1) is 11.6 Å². The van der Waals surface area contributed by atoms with Crippen LogP contribution in [0, 0.1) is 0 Å². The molecule has 1 heterocycles. The first-order valence-corrected chi connectivity index (χ1v) is 4.96. The first kappa shape index (κ1) is 11.8. The minimum atomic E-state index is -0.668. The van der Waals surface area contributed by atoms with Gasteiger partial charge in [0.15, 0.2) is 6.10 Å². The largest absolute Gasteiger partial charge is 0.463 e. The molecule has 0 saturated carbocycles. The standard InChI is InChI=1S/C10H12ClNO3/c1-3-14-10(13)7(2)15-9-5-4-8(11)6-12-9/h4-7H,3H2,1-2H3/t7-/m1/s1. The molecule has 5 heteroatoms. The van der Waals surface area contributed by atoms with Gasteiger partial charge in [-0.1, -0.05) is 11.6 Å². The van der Waals surface area contributed by atoms with Gasteiger partial charge in [-0.15, -0.1) is 0 Å². The van der Waals surface area contributed by atoms with Gasteiger partial charge < -0.3 is 9.47 Å². The average molecular weight is 230 g/mol. The van der Waals surface area contributed by atoms with Crippen LogP contribution in [-0.4, -0.2) is 23.7 Å². The van der Waals surface area contributed by atoms with Gasteiger partial charge >= 0.3 is 5.97 Å². The number of pyridine rings is 1. The van der Waals surface area contributed by atoms with E-state index < -0.39 is 12.1 Å². The van der Waals surface area contributed by atoms with Crippen LogP contribution in [0.1, 0.15) is 13.8 Å². The molecule has 0 N–H and O–H groups in total. The number of carbonyl (C=O) groups is 1. The minimum Gasteiger partial charge on any atom is -0.463 e. The molecule has 0 aromatic carbocycles. The number of hydrogen-bond donors (Lipinski definition) is 0. The number of aromatic nitrogens is 1. The zero-order valence-corrected chi connectivity index (χ0v) is 9.32. The maximum atomic E-state index is 11.2. The van der Waals surface area contributed by atoms with Crippen molar-refractivity contribution in [1.29, 1.82) is 0 Å². The van der Waals surface area contributed by atoms with Crippen molar-refractivity contribution in [2.24, 2.45) is 0 Å². The summed E-state index contributed by atoms with van der Waals surface area (Å²) in [5.74, 6) is -0.0609. The van der Waals surface area contributed by atoms with Crippen molar-refractivity contribution < 1.29 is 14.3 Å². The Morgan fingerprint density at radius 2 is 2.33 bits per heavy atom. The summed E-state index contributed by atoms with van der Waals surface area (Å²) >= 11 is 5.65. The van der Waals surface area contributed by atoms with Crippen LogP contribution in [-0.2, 0) is 9.53 Å². The summed E-state index contributed by atoms with van der Waals surface area (Å²) in [6, 6.07) is 3.24. The van der Waals surface area contributed by atoms with Gasteiger partial charge in [0.25, 0.3) is 0 Å². The van der Waals surface area contributed by atoms with Gasteiger partial charge in [-0.2, -0.15) is 0 Å². The van der Waals surface area contributed by atoms with Crippen LogP contribution >= 0.6 is 11.6 Å². The van der Waals surface area contributed by atoms with Crippen molar-refractivity contribution >= 4 is 17.6 Å². The lowest BCUT2D eigenvalue weighted by Crippen LogP contribution is -2.26. The average Bonchev–Trinajstić information content (AvgIpc) is 2.22. The van der Waals surface area contributed by atoms with E-state index in [2.05, 4.69) is 4.98 Å². The summed E-state index contributed by atoms with van der Waals surface area (Å²) in [6.45, 7) is 3.68. The van der Waals surface area contributed by atoms with E-state index >= 15 is 0 Å². The van der Waals surface area contributed by atoms with E-state index in [4.69, 9.17) is 21.1 Å². The van der Waals surface area contributed by atoms with Crippen LogP contribution in [0.2, 0.25) is 5.02 Å². The summed E-state index contributed by atoms with van der Waals surface area (Å²) < 4.78 is 10.0. The van der Waals surface area contributed by atoms with Gasteiger partial charge in [0.2, 0.25) is 5.88 Å². The maximum absolute atomic E-state index is 11.2. The van der Waals surface area contributed by atoms with E-state index in [0.717, 1.165) is 0 Å². The molecule has 1 rings (SSSR count). The van der Waals surface area contributed by atoms with E-state index in [1.54, 1.807) is 26.0 Å². The van der Waals surface area contributed by atoms with Crippen molar-refractivity contribution in [3.63, 3.8) is 0 Å². The number of rotatable bonds is 4. The van der Waals surface area contributed by atoms with Crippen LogP contribution in [0.15, 0.2) is 18.3 Å². The Bertz CT molecular complexity index is 326. The van der Waals surface area contributed by atoms with Gasteiger partial charge in [-0.3, -0.25) is 0 Å². The molecule has 0 fully saturated rings. The molecular formula is C10H12ClNO3. The first-order chi connectivity index (χ1) is 7.13. The molecular weight excluding hydrogens is 218 g/mol. The number of halogens is 1. The van der Waals surface area contributed by atoms with Crippen molar-refractivity contribution in [3.05, 3.63) is 23.4 Å². The highest BCUT2D eigenvalue weighted by Crippen LogP contribution is 2.13. The molecule has 1 aromatic rings. The van der Waals surface area contributed by atoms with E-state index in [1.807, 2.05) is 0 Å². The first-order valence-electron chi connectivity index (χ1n) is 4.58. The molecule has 1 atom stereocenters. The molecule has 0 aliphatic rings. The molecule has 0 bridgehead atoms. The van der Waals surface area contributed by atoms with Crippen molar-refractivity contribution in [2.45, 2.75) is 20.0 Å². The van der Waals surface area contributed by atoms with Crippen LogP contribution < -0.4 is 4.74 Å². The monoisotopic (exact) mass is 229 g/mol. The van der Waals surface area contributed by atoms with Crippen molar-refractivity contribution in [3.8, 4) is 5.88 Å². The molecule has 4 nitrogen and oxygen atoms in total. The Morgan fingerprint density at radius 1 is 1.60 bits per heavy atom. The Hall–Kier alpha value is -1.29. The summed E-state index contributed by atoms with van der Waals surface area (Å²) in [7, 11) is 0. The summed E-state index contributed by atoms with van der Waals surface area (Å²) in [5, 5.41) is 0.520. The van der Waals surface area contributed by atoms with Crippen molar-refractivity contribution in [1.82, 2.24) is 4.98 Å². The number of ether oxygens (including phenoxy) is 2. The van der Waals surface area contributed by atoms with E-state index in [1.165, 1.54) is 6.20 Å². The molecule has 0 saturated heterocycles. The fraction of sp³-hybridized carbons (Fsp3) is 0.400. The molecule has 0 aliphatic heterocycles. The maximum Gasteiger partial charge on any atom is 0.347 e. The van der Waals surface area contributed by atoms with Gasteiger partial charge in [0.1, 0.15) is 0 Å². The molecule has 0 aliphatic carbocycles. The van der Waals surface area contributed by atoms with E-state index in [0.29, 0.717) is 17.5 Å². The molecule has 0 amide bonds. The Balaban J connectivity index is 2.54. The second kappa shape index (κ2) is 5.56. The second-order valence-corrected chi connectivity index (χ2v) is 3.26. The topological polar surface area (TPSA) is 48.4 Å². The molecule has 0 unspecified atom stereocenters. The number of esters is 1. The van der Waals surface area contributed by atoms with Gasteiger partial charge in [-0.25, -0.2) is 9.78 Å². The van der Waals surface area contributed by atoms with Crippen LogP contribution in [0.4, 0.5) is 0 Å². The molecule has 0 radical (unpaired) electrons. The lowest BCUT2D eigenvalue weighted by Gasteiger charge is -2.11. The van der Waals surface area contributed by atoms with Crippen LogP contribution in [0.5, 0.6) is 5.88 Å². The third-order valence-corrected chi connectivity index (χ3v) is 1.84. The van der Waals surface area contributed by atoms with Gasteiger partial charge in [-0.05, 0) is 19.9 Å². The van der Waals surface area contributed by atoms with E-state index in [-0.39, 0.29) is 0 Å². The second-order valence-electron chi connectivity index (χ2n) is 2.83. The highest BCUT2D eigenvalue weighted by molar-refractivity contribution is 6.30. The predicted octanol–water partition coefficient (Wildman–Crippen LogP) is 2.07. The Morgan fingerprint density at radius 3 is 2.87 bits per heavy atom. The lowest BCUT2D eigenvalue weighted by molar-refractivity contribution is -0.150. The summed E-state index contributed by atoms with van der Waals surface area (Å²) in [6.07, 6.45) is 0.785. The smallest absolute Gasteiger partial charge is 0.347 e. The Kier molecular flexibility index (Phi) is 4.37. The third kappa shape index (κ3) is 3.75. The normalized spacial score (nSPS) is 11.9. The number of carbonyl (C=O) groups excluding carboxylic acids is 1. The molecule has 1 aromatic heterocycles. The SMILES string of the molecule is CCOC(=O)[C@@H](C)Oc1ccc(Cl)cn1. The molecule has 0 spiro atoms. The molecule has 82 valence electrons. The van der Waals surface area contributed by atoms with Crippen molar-refractivity contribution in [2.75, 3.05) is 6.61 Å². The fourth-order valence-electron chi connectivity index (χ4n) is 0.921. The summed E-state index contributed by atoms with van der Waals surface area (Å²) in [5.41, 5.74) is 0. The van der Waals surface area contributed by atoms with Crippen LogP contribution in [0.3, 0.4) is 0 Å². The minimum absolute atomic E-state index is 0.334. The molecule has 15 heavy (non-hydrogen) atoms. The highest BCUT2D eigenvalue weighted by Gasteiger charge is 2.15. The quantitative estimate of drug-likeness (QED) is 0.742. The van der Waals surface area contributed by atoms with Gasteiger partial charge in [0, 0.05) is 12.3 Å². The Labute approximate surface area is 93.2 Å². The summed E-state index contributed by atoms with van der Waals surface area (Å²) in [4.78, 5) is 15.1. The zero-order chi connectivity index (χ0) is 11.3. The highest BCUT2D eigenvalue weighted by atomic mass is 35.5. The predicted molar refractivity (Wildman–Crippen MR) is 56.0 cm³/mol. The lowest BCUT2D eigenvalue weighted by atomic mass is 10.4. The van der Waals surface area contributed by atoms with Crippen LogP contribution in [0.25, 0.3) is 0 Å².